The molecule has 0 amide bonds. The van der Waals surface area contributed by atoms with Crippen LogP contribution in [0.15, 0.2) is 28.2 Å². The number of aromatic amines is 1. The van der Waals surface area contributed by atoms with E-state index in [1.165, 1.54) is 10.8 Å². The van der Waals surface area contributed by atoms with Crippen LogP contribution in [0.1, 0.15) is 26.3 Å². The van der Waals surface area contributed by atoms with Gasteiger partial charge in [-0.1, -0.05) is 0 Å². The van der Waals surface area contributed by atoms with Crippen LogP contribution in [0.2, 0.25) is 0 Å². The van der Waals surface area contributed by atoms with Gasteiger partial charge in [0.2, 0.25) is 5.95 Å². The van der Waals surface area contributed by atoms with Crippen LogP contribution < -0.4 is 16.6 Å². The van der Waals surface area contributed by atoms with Crippen molar-refractivity contribution in [3.63, 3.8) is 0 Å². The lowest BCUT2D eigenvalue weighted by Gasteiger charge is -2.22. The molecule has 8 heteroatoms. The highest BCUT2D eigenvalue weighted by Crippen LogP contribution is 2.10. The quantitative estimate of drug-likeness (QED) is 0.874. The van der Waals surface area contributed by atoms with Gasteiger partial charge in [-0.3, -0.25) is 14.3 Å². The molecule has 0 aliphatic rings. The standard InChI is InChI=1S/C13H16FN5O2/c1-13(2,3)19-7-8(10(20)18-12(19)21)4-15-11-16-5-9(14)6-17-11/h5-7H,4H2,1-3H3,(H,15,16,17)(H,18,20,21). The van der Waals surface area contributed by atoms with E-state index in [9.17, 15) is 14.0 Å². The van der Waals surface area contributed by atoms with E-state index < -0.39 is 22.6 Å². The largest absolute Gasteiger partial charge is 0.350 e. The molecule has 2 aromatic heterocycles. The summed E-state index contributed by atoms with van der Waals surface area (Å²) in [5.74, 6) is -0.344. The Hall–Kier alpha value is -2.51. The first kappa shape index (κ1) is 14.9. The highest BCUT2D eigenvalue weighted by Gasteiger charge is 2.16. The minimum Gasteiger partial charge on any atom is -0.350 e. The van der Waals surface area contributed by atoms with E-state index in [2.05, 4.69) is 20.3 Å². The predicted octanol–water partition coefficient (Wildman–Crippen LogP) is 0.833. The Bertz CT molecular complexity index is 743. The zero-order chi connectivity index (χ0) is 15.6. The Labute approximate surface area is 119 Å². The average Bonchev–Trinajstić information content (AvgIpc) is 2.38. The number of nitrogens with zero attached hydrogens (tertiary/aromatic N) is 3. The van der Waals surface area contributed by atoms with Crippen LogP contribution in [0.5, 0.6) is 0 Å². The zero-order valence-corrected chi connectivity index (χ0v) is 12.0. The van der Waals surface area contributed by atoms with Crippen LogP contribution in [-0.2, 0) is 12.1 Å². The molecule has 0 aromatic carbocycles. The number of nitrogens with one attached hydrogen (secondary N) is 2. The topological polar surface area (TPSA) is 92.7 Å². The third-order valence-corrected chi connectivity index (χ3v) is 2.80. The minimum atomic E-state index is -0.542. The summed E-state index contributed by atoms with van der Waals surface area (Å²) in [6.07, 6.45) is 3.54. The van der Waals surface area contributed by atoms with Crippen LogP contribution in [0, 0.1) is 5.82 Å². The molecule has 112 valence electrons. The summed E-state index contributed by atoms with van der Waals surface area (Å²) >= 11 is 0. The molecule has 0 aliphatic heterocycles. The molecule has 0 radical (unpaired) electrons. The van der Waals surface area contributed by atoms with Gasteiger partial charge in [-0.2, -0.15) is 0 Å². The molecular formula is C13H16FN5O2. The van der Waals surface area contributed by atoms with Crippen molar-refractivity contribution in [3.05, 3.63) is 50.8 Å². The van der Waals surface area contributed by atoms with Crippen LogP contribution in [0.25, 0.3) is 0 Å². The van der Waals surface area contributed by atoms with Crippen LogP contribution in [0.4, 0.5) is 10.3 Å². The molecule has 2 N–H and O–H groups in total. The molecule has 7 nitrogen and oxygen atoms in total. The Morgan fingerprint density at radius 3 is 2.48 bits per heavy atom. The fourth-order valence-electron chi connectivity index (χ4n) is 1.71. The second-order valence-corrected chi connectivity index (χ2v) is 5.53. The van der Waals surface area contributed by atoms with Gasteiger partial charge in [0.25, 0.3) is 5.56 Å². The first-order valence-electron chi connectivity index (χ1n) is 6.34. The van der Waals surface area contributed by atoms with Gasteiger partial charge in [-0.15, -0.1) is 0 Å². The highest BCUT2D eigenvalue weighted by molar-refractivity contribution is 5.24. The van der Waals surface area contributed by atoms with Gasteiger partial charge in [0.1, 0.15) is 0 Å². The van der Waals surface area contributed by atoms with Crippen molar-refractivity contribution in [1.29, 1.82) is 0 Å². The third-order valence-electron chi connectivity index (χ3n) is 2.80. The molecular weight excluding hydrogens is 277 g/mol. The normalized spacial score (nSPS) is 11.4. The molecule has 0 bridgehead atoms. The maximum absolute atomic E-state index is 12.7. The molecule has 0 spiro atoms. The number of hydrogen-bond acceptors (Lipinski definition) is 5. The van der Waals surface area contributed by atoms with Crippen molar-refractivity contribution in [2.75, 3.05) is 5.32 Å². The third kappa shape index (κ3) is 3.53. The van der Waals surface area contributed by atoms with Crippen molar-refractivity contribution in [2.45, 2.75) is 32.9 Å². The van der Waals surface area contributed by atoms with E-state index >= 15 is 0 Å². The first-order chi connectivity index (χ1) is 9.77. The van der Waals surface area contributed by atoms with Crippen LogP contribution in [0.3, 0.4) is 0 Å². The molecule has 2 heterocycles. The summed E-state index contributed by atoms with van der Waals surface area (Å²) in [4.78, 5) is 33.3. The summed E-state index contributed by atoms with van der Waals surface area (Å²) in [6.45, 7) is 5.68. The van der Waals surface area contributed by atoms with E-state index in [-0.39, 0.29) is 12.5 Å². The smallest absolute Gasteiger partial charge is 0.328 e. The molecule has 0 saturated carbocycles. The number of rotatable bonds is 3. The fraction of sp³-hybridized carbons (Fsp3) is 0.385. The Morgan fingerprint density at radius 2 is 1.90 bits per heavy atom. The van der Waals surface area contributed by atoms with Crippen molar-refractivity contribution in [3.8, 4) is 0 Å². The molecule has 0 atom stereocenters. The van der Waals surface area contributed by atoms with Crippen molar-refractivity contribution < 1.29 is 4.39 Å². The maximum atomic E-state index is 12.7. The second-order valence-electron chi connectivity index (χ2n) is 5.53. The van der Waals surface area contributed by atoms with Gasteiger partial charge in [-0.25, -0.2) is 19.2 Å². The monoisotopic (exact) mass is 293 g/mol. The number of H-pyrrole nitrogens is 1. The van der Waals surface area contributed by atoms with Gasteiger partial charge in [0.05, 0.1) is 18.0 Å². The molecule has 0 fully saturated rings. The lowest BCUT2D eigenvalue weighted by molar-refractivity contribution is 0.374. The molecule has 0 unspecified atom stereocenters. The Balaban J connectivity index is 2.26. The Morgan fingerprint density at radius 1 is 1.29 bits per heavy atom. The van der Waals surface area contributed by atoms with Gasteiger partial charge in [0, 0.05) is 18.3 Å². The highest BCUT2D eigenvalue weighted by atomic mass is 19.1. The number of halogens is 1. The lowest BCUT2D eigenvalue weighted by Crippen LogP contribution is -2.40. The van der Waals surface area contributed by atoms with E-state index in [1.54, 1.807) is 0 Å². The zero-order valence-electron chi connectivity index (χ0n) is 12.0. The van der Waals surface area contributed by atoms with E-state index in [0.717, 1.165) is 12.4 Å². The van der Waals surface area contributed by atoms with Gasteiger partial charge in [0.15, 0.2) is 5.82 Å². The summed E-state index contributed by atoms with van der Waals surface area (Å²) in [5, 5.41) is 2.80. The van der Waals surface area contributed by atoms with E-state index in [4.69, 9.17) is 0 Å². The Kier molecular flexibility index (Phi) is 3.88. The van der Waals surface area contributed by atoms with Gasteiger partial charge in [-0.05, 0) is 20.8 Å². The number of aromatic nitrogens is 4. The summed E-state index contributed by atoms with van der Waals surface area (Å²) in [6, 6.07) is 0. The van der Waals surface area contributed by atoms with Crippen LogP contribution >= 0.6 is 0 Å². The fourth-order valence-corrected chi connectivity index (χ4v) is 1.71. The molecule has 21 heavy (non-hydrogen) atoms. The summed E-state index contributed by atoms with van der Waals surface area (Å²) < 4.78 is 14.1. The predicted molar refractivity (Wildman–Crippen MR) is 75.6 cm³/mol. The minimum absolute atomic E-state index is 0.122. The number of hydrogen-bond donors (Lipinski definition) is 2. The second kappa shape index (κ2) is 5.47. The van der Waals surface area contributed by atoms with Crippen LogP contribution in [-0.4, -0.2) is 19.5 Å². The maximum Gasteiger partial charge on any atom is 0.328 e. The van der Waals surface area contributed by atoms with Gasteiger partial charge < -0.3 is 5.32 Å². The summed E-state index contributed by atoms with van der Waals surface area (Å²) in [5.41, 5.74) is -1.04. The summed E-state index contributed by atoms with van der Waals surface area (Å²) in [7, 11) is 0. The number of anilines is 1. The van der Waals surface area contributed by atoms with Crippen molar-refractivity contribution >= 4 is 5.95 Å². The van der Waals surface area contributed by atoms with Crippen molar-refractivity contribution in [2.24, 2.45) is 0 Å². The van der Waals surface area contributed by atoms with Gasteiger partial charge >= 0.3 is 5.69 Å². The molecule has 2 rings (SSSR count). The van der Waals surface area contributed by atoms with E-state index in [0.29, 0.717) is 5.56 Å². The van der Waals surface area contributed by atoms with E-state index in [1.807, 2.05) is 20.8 Å². The molecule has 0 saturated heterocycles. The SMILES string of the molecule is CC(C)(C)n1cc(CNc2ncc(F)cn2)c(=O)[nH]c1=O. The lowest BCUT2D eigenvalue weighted by atomic mass is 10.1. The average molecular weight is 293 g/mol. The molecule has 0 aliphatic carbocycles. The molecule has 2 aromatic rings. The van der Waals surface area contributed by atoms with Crippen molar-refractivity contribution in [1.82, 2.24) is 19.5 Å². The first-order valence-corrected chi connectivity index (χ1v) is 6.34.